The molecular formula is C14H22O3. The first-order valence-electron chi connectivity index (χ1n) is 6.57. The molecule has 1 spiro atoms. The summed E-state index contributed by atoms with van der Waals surface area (Å²) in [4.78, 5) is 12.0. The van der Waals surface area contributed by atoms with Gasteiger partial charge in [0, 0.05) is 5.41 Å². The lowest BCUT2D eigenvalue weighted by Crippen LogP contribution is -2.60. The third-order valence-electron chi connectivity index (χ3n) is 6.38. The number of esters is 1. The molecule has 5 atom stereocenters. The molecular weight excluding hydrogens is 216 g/mol. The highest BCUT2D eigenvalue weighted by atomic mass is 16.5. The topological polar surface area (TPSA) is 46.5 Å². The molecule has 0 radical (unpaired) electrons. The van der Waals surface area contributed by atoms with Crippen LogP contribution in [0.2, 0.25) is 0 Å². The van der Waals surface area contributed by atoms with Gasteiger partial charge < -0.3 is 9.84 Å². The van der Waals surface area contributed by atoms with Gasteiger partial charge in [-0.2, -0.15) is 0 Å². The summed E-state index contributed by atoms with van der Waals surface area (Å²) in [5.74, 6) is 0.973. The number of aliphatic hydroxyl groups is 1. The highest BCUT2D eigenvalue weighted by Crippen LogP contribution is 2.81. The predicted molar refractivity (Wildman–Crippen MR) is 63.2 cm³/mol. The Bertz CT molecular complexity index is 389. The van der Waals surface area contributed by atoms with Crippen molar-refractivity contribution in [3.05, 3.63) is 0 Å². The quantitative estimate of drug-likeness (QED) is 0.711. The molecule has 96 valence electrons. The monoisotopic (exact) mass is 238 g/mol. The van der Waals surface area contributed by atoms with Crippen molar-refractivity contribution < 1.29 is 14.6 Å². The van der Waals surface area contributed by atoms with E-state index in [9.17, 15) is 9.90 Å². The lowest BCUT2D eigenvalue weighted by atomic mass is 9.42. The molecule has 0 aromatic heterocycles. The minimum absolute atomic E-state index is 0.141. The van der Waals surface area contributed by atoms with Crippen molar-refractivity contribution in [1.82, 2.24) is 0 Å². The first kappa shape index (κ1) is 11.5. The van der Waals surface area contributed by atoms with E-state index in [1.54, 1.807) is 0 Å². The zero-order valence-electron chi connectivity index (χ0n) is 11.1. The van der Waals surface area contributed by atoms with Gasteiger partial charge in [0.2, 0.25) is 0 Å². The number of fused-ring (bicyclic) bond motifs is 1. The van der Waals surface area contributed by atoms with Crippen LogP contribution in [0.1, 0.15) is 40.0 Å². The van der Waals surface area contributed by atoms with Crippen LogP contribution in [-0.2, 0) is 9.53 Å². The average molecular weight is 238 g/mol. The molecule has 4 aliphatic rings. The van der Waals surface area contributed by atoms with Crippen LogP contribution in [0.15, 0.2) is 0 Å². The number of methoxy groups -OCH3 is 1. The van der Waals surface area contributed by atoms with Gasteiger partial charge >= 0.3 is 5.97 Å². The number of hydrogen-bond donors (Lipinski definition) is 1. The van der Waals surface area contributed by atoms with Crippen molar-refractivity contribution in [3.8, 4) is 0 Å². The van der Waals surface area contributed by atoms with Crippen molar-refractivity contribution in [2.45, 2.75) is 46.1 Å². The maximum atomic E-state index is 12.0. The summed E-state index contributed by atoms with van der Waals surface area (Å²) in [5.41, 5.74) is -0.363. The van der Waals surface area contributed by atoms with E-state index in [1.807, 2.05) is 6.92 Å². The van der Waals surface area contributed by atoms with Gasteiger partial charge in [-0.3, -0.25) is 4.79 Å². The van der Waals surface area contributed by atoms with Gasteiger partial charge in [0.25, 0.3) is 0 Å². The van der Waals surface area contributed by atoms with E-state index in [0.717, 1.165) is 12.8 Å². The maximum absolute atomic E-state index is 12.0. The maximum Gasteiger partial charge on any atom is 0.312 e. The van der Waals surface area contributed by atoms with Crippen LogP contribution in [0.25, 0.3) is 0 Å². The Morgan fingerprint density at radius 2 is 1.94 bits per heavy atom. The average Bonchev–Trinajstić information content (AvgIpc) is 2.89. The molecule has 3 nitrogen and oxygen atoms in total. The van der Waals surface area contributed by atoms with Crippen molar-refractivity contribution in [3.63, 3.8) is 0 Å². The third kappa shape index (κ3) is 1.01. The van der Waals surface area contributed by atoms with Crippen molar-refractivity contribution in [2.75, 3.05) is 7.11 Å². The van der Waals surface area contributed by atoms with Crippen LogP contribution in [0.5, 0.6) is 0 Å². The fourth-order valence-corrected chi connectivity index (χ4v) is 5.02. The molecule has 4 saturated carbocycles. The van der Waals surface area contributed by atoms with Gasteiger partial charge in [0.05, 0.1) is 18.6 Å². The molecule has 3 heteroatoms. The zero-order valence-corrected chi connectivity index (χ0v) is 11.1. The lowest BCUT2D eigenvalue weighted by Gasteiger charge is -2.63. The molecule has 0 aromatic rings. The molecule has 0 aromatic carbocycles. The highest BCUT2D eigenvalue weighted by Gasteiger charge is 2.81. The van der Waals surface area contributed by atoms with E-state index in [1.165, 1.54) is 13.5 Å². The van der Waals surface area contributed by atoms with Gasteiger partial charge in [-0.25, -0.2) is 0 Å². The molecule has 4 aliphatic carbocycles. The summed E-state index contributed by atoms with van der Waals surface area (Å²) >= 11 is 0. The van der Waals surface area contributed by atoms with Crippen LogP contribution in [0.4, 0.5) is 0 Å². The number of rotatable bonds is 1. The third-order valence-corrected chi connectivity index (χ3v) is 6.38. The highest BCUT2D eigenvalue weighted by molar-refractivity contribution is 5.82. The minimum atomic E-state index is -0.450. The Morgan fingerprint density at radius 1 is 1.29 bits per heavy atom. The second-order valence-corrected chi connectivity index (χ2v) is 7.10. The molecule has 2 bridgehead atoms. The summed E-state index contributed by atoms with van der Waals surface area (Å²) < 4.78 is 4.94. The standard InChI is InChI=1S/C14H22O3/c1-12(2)8-5-9(12)14(10(15)6-8)7-13(14,3)11(16)17-4/h8-10,15H,5-7H2,1-4H3/t8-,9-,10+,13+,14+/m1/s1. The van der Waals surface area contributed by atoms with E-state index in [4.69, 9.17) is 4.74 Å². The Hall–Kier alpha value is -0.570. The molecule has 0 amide bonds. The number of hydrogen-bond acceptors (Lipinski definition) is 3. The Morgan fingerprint density at radius 3 is 2.47 bits per heavy atom. The normalized spacial score (nSPS) is 54.1. The van der Waals surface area contributed by atoms with Gasteiger partial charge in [0.15, 0.2) is 0 Å². The summed E-state index contributed by atoms with van der Waals surface area (Å²) in [6, 6.07) is 0. The Kier molecular flexibility index (Phi) is 1.95. The van der Waals surface area contributed by atoms with Gasteiger partial charge in [-0.15, -0.1) is 0 Å². The summed E-state index contributed by atoms with van der Waals surface area (Å²) in [6.45, 7) is 6.54. The van der Waals surface area contributed by atoms with Crippen LogP contribution in [0.3, 0.4) is 0 Å². The molecule has 4 rings (SSSR count). The zero-order chi connectivity index (χ0) is 12.6. The second-order valence-electron chi connectivity index (χ2n) is 7.10. The predicted octanol–water partition coefficient (Wildman–Crippen LogP) is 1.98. The SMILES string of the molecule is COC(=O)[C@]1(C)C[C@@]12[C@@H]1C[C@H](C[C@@H]2O)C1(C)C. The van der Waals surface area contributed by atoms with Crippen LogP contribution in [0, 0.1) is 28.1 Å². The summed E-state index contributed by atoms with van der Waals surface area (Å²) in [6.07, 6.45) is 2.52. The largest absolute Gasteiger partial charge is 0.469 e. The van der Waals surface area contributed by atoms with Crippen molar-refractivity contribution in [2.24, 2.45) is 28.1 Å². The van der Waals surface area contributed by atoms with Crippen molar-refractivity contribution >= 4 is 5.97 Å². The van der Waals surface area contributed by atoms with E-state index in [-0.39, 0.29) is 22.9 Å². The molecule has 17 heavy (non-hydrogen) atoms. The van der Waals surface area contributed by atoms with E-state index in [2.05, 4.69) is 13.8 Å². The van der Waals surface area contributed by atoms with Gasteiger partial charge in [-0.1, -0.05) is 13.8 Å². The smallest absolute Gasteiger partial charge is 0.312 e. The first-order chi connectivity index (χ1) is 7.80. The molecule has 0 heterocycles. The molecule has 4 fully saturated rings. The molecule has 0 unspecified atom stereocenters. The van der Waals surface area contributed by atoms with E-state index in [0.29, 0.717) is 11.8 Å². The fourth-order valence-electron chi connectivity index (χ4n) is 5.02. The van der Waals surface area contributed by atoms with E-state index >= 15 is 0 Å². The van der Waals surface area contributed by atoms with E-state index < -0.39 is 5.41 Å². The second kappa shape index (κ2) is 2.87. The van der Waals surface area contributed by atoms with Gasteiger partial charge in [-0.05, 0) is 43.4 Å². The number of carbonyl (C=O) groups excluding carboxylic acids is 1. The number of ether oxygens (including phenoxy) is 1. The summed E-state index contributed by atoms with van der Waals surface area (Å²) in [7, 11) is 1.45. The molecule has 1 N–H and O–H groups in total. The van der Waals surface area contributed by atoms with Gasteiger partial charge in [0.1, 0.15) is 0 Å². The summed E-state index contributed by atoms with van der Waals surface area (Å²) in [5, 5.41) is 10.4. The van der Waals surface area contributed by atoms with Crippen LogP contribution < -0.4 is 0 Å². The van der Waals surface area contributed by atoms with Crippen molar-refractivity contribution in [1.29, 1.82) is 0 Å². The molecule has 0 aliphatic heterocycles. The number of aliphatic hydroxyl groups excluding tert-OH is 1. The first-order valence-corrected chi connectivity index (χ1v) is 6.57. The fraction of sp³-hybridized carbons (Fsp3) is 0.929. The Balaban J connectivity index is 1.96. The minimum Gasteiger partial charge on any atom is -0.469 e. The van der Waals surface area contributed by atoms with Crippen LogP contribution in [-0.4, -0.2) is 24.3 Å². The lowest BCUT2D eigenvalue weighted by molar-refractivity contribution is -0.193. The Labute approximate surface area is 103 Å². The van der Waals surface area contributed by atoms with Crippen LogP contribution >= 0.6 is 0 Å². The number of carbonyl (C=O) groups is 1. The molecule has 0 saturated heterocycles.